The first kappa shape index (κ1) is 23.2. The molecule has 0 nitrogen and oxygen atoms in total. The van der Waals surface area contributed by atoms with Gasteiger partial charge in [0.05, 0.1) is 5.56 Å². The third-order valence-electron chi connectivity index (χ3n) is 6.23. The van der Waals surface area contributed by atoms with Crippen molar-refractivity contribution in [2.24, 2.45) is 5.92 Å². The predicted molar refractivity (Wildman–Crippen MR) is 122 cm³/mol. The second kappa shape index (κ2) is 10.7. The molecule has 3 heteroatoms. The molecule has 164 valence electrons. The minimum atomic E-state index is -4.31. The summed E-state index contributed by atoms with van der Waals surface area (Å²) in [5.41, 5.74) is 4.46. The highest BCUT2D eigenvalue weighted by atomic mass is 19.4. The summed E-state index contributed by atoms with van der Waals surface area (Å²) in [6, 6.07) is 12.1. The zero-order valence-electron chi connectivity index (χ0n) is 18.4. The van der Waals surface area contributed by atoms with Crippen molar-refractivity contribution >= 4 is 0 Å². The second-order valence-corrected chi connectivity index (χ2v) is 8.45. The van der Waals surface area contributed by atoms with Crippen LogP contribution in [0.3, 0.4) is 0 Å². The highest BCUT2D eigenvalue weighted by molar-refractivity contribution is 5.39. The minimum absolute atomic E-state index is 0.530. The van der Waals surface area contributed by atoms with E-state index in [2.05, 4.69) is 50.0 Å². The monoisotopic (exact) mass is 424 g/mol. The van der Waals surface area contributed by atoms with Crippen molar-refractivity contribution in [2.45, 2.75) is 70.9 Å². The van der Waals surface area contributed by atoms with Crippen LogP contribution in [0.25, 0.3) is 0 Å². The van der Waals surface area contributed by atoms with E-state index in [1.807, 2.05) is 6.08 Å². The number of benzene rings is 2. The summed E-state index contributed by atoms with van der Waals surface area (Å²) in [6.45, 7) is 4.46. The maximum absolute atomic E-state index is 12.6. The van der Waals surface area contributed by atoms with Crippen LogP contribution in [0.1, 0.15) is 79.7 Å². The van der Waals surface area contributed by atoms with E-state index in [1.165, 1.54) is 42.5 Å². The van der Waals surface area contributed by atoms with E-state index in [-0.39, 0.29) is 0 Å². The predicted octanol–water partition coefficient (Wildman–Crippen LogP) is 8.10. The second-order valence-electron chi connectivity index (χ2n) is 8.45. The largest absolute Gasteiger partial charge is 0.416 e. The minimum Gasteiger partial charge on any atom is -0.166 e. The highest BCUT2D eigenvalue weighted by Crippen LogP contribution is 2.38. The molecular weight excluding hydrogens is 393 g/mol. The smallest absolute Gasteiger partial charge is 0.166 e. The average molecular weight is 425 g/mol. The number of halogens is 3. The molecule has 2 aromatic carbocycles. The third kappa shape index (κ3) is 6.50. The molecule has 0 aliphatic heterocycles. The van der Waals surface area contributed by atoms with Gasteiger partial charge >= 0.3 is 6.18 Å². The lowest BCUT2D eigenvalue weighted by Gasteiger charge is -2.29. The van der Waals surface area contributed by atoms with Crippen LogP contribution >= 0.6 is 0 Å². The number of alkyl halides is 3. The molecule has 1 fully saturated rings. The molecule has 0 spiro atoms. The Morgan fingerprint density at radius 2 is 1.68 bits per heavy atom. The first-order chi connectivity index (χ1) is 14.9. The SMILES string of the molecule is CCCc1cc(CC)ccc1C1CCC(C=CC#Cc2ccc(C(F)(F)F)cc2)CC1. The van der Waals surface area contributed by atoms with Gasteiger partial charge in [-0.3, -0.25) is 0 Å². The fraction of sp³-hybridized carbons (Fsp3) is 0.429. The van der Waals surface area contributed by atoms with Crippen molar-refractivity contribution in [2.75, 3.05) is 0 Å². The molecule has 0 saturated heterocycles. The van der Waals surface area contributed by atoms with Gasteiger partial charge in [0, 0.05) is 5.56 Å². The molecule has 2 aromatic rings. The zero-order chi connectivity index (χ0) is 22.3. The van der Waals surface area contributed by atoms with Crippen molar-refractivity contribution in [3.05, 3.63) is 82.4 Å². The fourth-order valence-electron chi connectivity index (χ4n) is 4.44. The van der Waals surface area contributed by atoms with Gasteiger partial charge in [-0.25, -0.2) is 0 Å². The van der Waals surface area contributed by atoms with Crippen molar-refractivity contribution in [3.8, 4) is 11.8 Å². The lowest BCUT2D eigenvalue weighted by molar-refractivity contribution is -0.137. The van der Waals surface area contributed by atoms with Crippen LogP contribution < -0.4 is 0 Å². The summed E-state index contributed by atoms with van der Waals surface area (Å²) in [4.78, 5) is 0. The number of aryl methyl sites for hydroxylation is 2. The number of allylic oxidation sites excluding steroid dienone is 2. The molecular formula is C28H31F3. The lowest BCUT2D eigenvalue weighted by atomic mass is 9.76. The van der Waals surface area contributed by atoms with E-state index < -0.39 is 11.7 Å². The summed E-state index contributed by atoms with van der Waals surface area (Å²) < 4.78 is 37.8. The van der Waals surface area contributed by atoms with Crippen molar-refractivity contribution in [3.63, 3.8) is 0 Å². The van der Waals surface area contributed by atoms with E-state index in [0.717, 1.165) is 37.8 Å². The Bertz CT molecular complexity index is 931. The molecule has 0 N–H and O–H groups in total. The van der Waals surface area contributed by atoms with E-state index >= 15 is 0 Å². The normalized spacial score (nSPS) is 19.3. The third-order valence-corrected chi connectivity index (χ3v) is 6.23. The Kier molecular flexibility index (Phi) is 8.02. The molecule has 0 unspecified atom stereocenters. The Morgan fingerprint density at radius 1 is 0.968 bits per heavy atom. The summed E-state index contributed by atoms with van der Waals surface area (Å²) >= 11 is 0. The van der Waals surface area contributed by atoms with Crippen molar-refractivity contribution in [1.29, 1.82) is 0 Å². The summed E-state index contributed by atoms with van der Waals surface area (Å²) in [6.07, 6.45) is 7.85. The summed E-state index contributed by atoms with van der Waals surface area (Å²) in [5.74, 6) is 7.08. The van der Waals surface area contributed by atoms with Gasteiger partial charge in [0.2, 0.25) is 0 Å². The van der Waals surface area contributed by atoms with Gasteiger partial charge < -0.3 is 0 Å². The van der Waals surface area contributed by atoms with Gasteiger partial charge in [-0.1, -0.05) is 56.4 Å². The molecule has 0 heterocycles. The molecule has 1 aliphatic rings. The van der Waals surface area contributed by atoms with Crippen LogP contribution in [0.15, 0.2) is 54.6 Å². The Morgan fingerprint density at radius 3 is 2.29 bits per heavy atom. The van der Waals surface area contributed by atoms with Crippen LogP contribution in [0.4, 0.5) is 13.2 Å². The quantitative estimate of drug-likeness (QED) is 0.425. The number of hydrogen-bond acceptors (Lipinski definition) is 0. The molecule has 1 saturated carbocycles. The Balaban J connectivity index is 1.55. The van der Waals surface area contributed by atoms with Gasteiger partial charge in [-0.05, 0) is 97.4 Å². The van der Waals surface area contributed by atoms with Crippen LogP contribution in [0, 0.1) is 17.8 Å². The van der Waals surface area contributed by atoms with Gasteiger partial charge in [0.15, 0.2) is 0 Å². The van der Waals surface area contributed by atoms with Gasteiger partial charge in [0.25, 0.3) is 0 Å². The molecule has 1 aliphatic carbocycles. The van der Waals surface area contributed by atoms with Crippen molar-refractivity contribution < 1.29 is 13.2 Å². The fourth-order valence-corrected chi connectivity index (χ4v) is 4.44. The van der Waals surface area contributed by atoms with Crippen LogP contribution in [0.5, 0.6) is 0 Å². The maximum atomic E-state index is 12.6. The first-order valence-electron chi connectivity index (χ1n) is 11.4. The van der Waals surface area contributed by atoms with E-state index in [4.69, 9.17) is 0 Å². The Labute approximate surface area is 184 Å². The standard InChI is InChI=1S/C28H31F3/c1-3-7-25-20-21(4-2)14-19-27(25)24-15-10-22(11-16-24)8-5-6-9-23-12-17-26(18-13-23)28(29,30)31/h5,8,12-14,17-20,22,24H,3-4,7,10-11,15-16H2,1-2H3. The highest BCUT2D eigenvalue weighted by Gasteiger charge is 2.29. The van der Waals surface area contributed by atoms with Crippen LogP contribution in [0.2, 0.25) is 0 Å². The molecule has 0 radical (unpaired) electrons. The van der Waals surface area contributed by atoms with Gasteiger partial charge in [-0.15, -0.1) is 0 Å². The van der Waals surface area contributed by atoms with Crippen LogP contribution in [-0.4, -0.2) is 0 Å². The molecule has 3 rings (SSSR count). The maximum Gasteiger partial charge on any atom is 0.416 e. The zero-order valence-corrected chi connectivity index (χ0v) is 18.4. The molecule has 0 atom stereocenters. The molecule has 0 amide bonds. The van der Waals surface area contributed by atoms with Crippen molar-refractivity contribution in [1.82, 2.24) is 0 Å². The first-order valence-corrected chi connectivity index (χ1v) is 11.4. The van der Waals surface area contributed by atoms with E-state index in [1.54, 1.807) is 5.56 Å². The Hall–Kier alpha value is -2.47. The molecule has 0 aromatic heterocycles. The van der Waals surface area contributed by atoms with Gasteiger partial charge in [-0.2, -0.15) is 13.2 Å². The summed E-state index contributed by atoms with van der Waals surface area (Å²) in [5, 5.41) is 0. The lowest BCUT2D eigenvalue weighted by Crippen LogP contribution is -2.13. The average Bonchev–Trinajstić information content (AvgIpc) is 2.77. The van der Waals surface area contributed by atoms with Gasteiger partial charge in [0.1, 0.15) is 0 Å². The number of rotatable bonds is 5. The van der Waals surface area contributed by atoms with E-state index in [0.29, 0.717) is 17.4 Å². The molecule has 0 bridgehead atoms. The number of hydrogen-bond donors (Lipinski definition) is 0. The van der Waals surface area contributed by atoms with Crippen LogP contribution in [-0.2, 0) is 19.0 Å². The summed E-state index contributed by atoms with van der Waals surface area (Å²) in [7, 11) is 0. The topological polar surface area (TPSA) is 0 Å². The molecule has 31 heavy (non-hydrogen) atoms. The van der Waals surface area contributed by atoms with E-state index in [9.17, 15) is 13.2 Å².